The van der Waals surface area contributed by atoms with Gasteiger partial charge in [0.05, 0.1) is 11.0 Å². The second-order valence-corrected chi connectivity index (χ2v) is 7.68. The molecule has 0 amide bonds. The van der Waals surface area contributed by atoms with Crippen LogP contribution in [0.15, 0.2) is 24.3 Å². The van der Waals surface area contributed by atoms with Crippen LogP contribution in [0.2, 0.25) is 0 Å². The fraction of sp³-hybridized carbons (Fsp3) is 0.500. The Morgan fingerprint density at radius 2 is 1.68 bits per heavy atom. The maximum atomic E-state index is 13.2. The van der Waals surface area contributed by atoms with Crippen molar-refractivity contribution in [3.63, 3.8) is 0 Å². The highest BCUT2D eigenvalue weighted by molar-refractivity contribution is 14.1. The van der Waals surface area contributed by atoms with Gasteiger partial charge in [0.25, 0.3) is 0 Å². The number of hydrogen-bond donors (Lipinski definition) is 0. The van der Waals surface area contributed by atoms with Crippen molar-refractivity contribution in [1.29, 1.82) is 0 Å². The first-order chi connectivity index (χ1) is 8.64. The van der Waals surface area contributed by atoms with Crippen molar-refractivity contribution in [1.82, 2.24) is 4.31 Å². The molecule has 0 N–H and O–H groups in total. The van der Waals surface area contributed by atoms with E-state index in [9.17, 15) is 17.4 Å². The van der Waals surface area contributed by atoms with Gasteiger partial charge in [-0.1, -0.05) is 12.1 Å². The summed E-state index contributed by atoms with van der Waals surface area (Å²) in [4.78, 5) is 0. The van der Waals surface area contributed by atoms with E-state index >= 15 is 0 Å². The first-order valence-corrected chi connectivity index (χ1v) is 7.85. The molecule has 0 heterocycles. The number of halogens is 4. The molecule has 108 valence electrons. The third kappa shape index (κ3) is 4.42. The Morgan fingerprint density at radius 3 is 2.05 bits per heavy atom. The fourth-order valence-electron chi connectivity index (χ4n) is 1.69. The van der Waals surface area contributed by atoms with Gasteiger partial charge in [-0.05, 0) is 54.1 Å². The van der Waals surface area contributed by atoms with Gasteiger partial charge in [0.1, 0.15) is 6.04 Å². The van der Waals surface area contributed by atoms with Crippen molar-refractivity contribution in [3.05, 3.63) is 33.4 Å². The van der Waals surface area contributed by atoms with Crippen molar-refractivity contribution in [2.45, 2.75) is 31.3 Å². The lowest BCUT2D eigenvalue weighted by molar-refractivity contribution is -0.170. The van der Waals surface area contributed by atoms with E-state index in [2.05, 4.69) is 0 Å². The van der Waals surface area contributed by atoms with Crippen molar-refractivity contribution in [2.24, 2.45) is 0 Å². The zero-order chi connectivity index (χ0) is 14.8. The topological polar surface area (TPSA) is 20.3 Å². The van der Waals surface area contributed by atoms with E-state index in [1.54, 1.807) is 26.0 Å². The lowest BCUT2D eigenvalue weighted by Crippen LogP contribution is -2.39. The minimum Gasteiger partial charge on any atom is -0.242 e. The first kappa shape index (κ1) is 16.9. The van der Waals surface area contributed by atoms with E-state index in [0.29, 0.717) is 0 Å². The molecule has 1 aromatic carbocycles. The molecule has 0 aliphatic carbocycles. The molecule has 0 aromatic heterocycles. The molecular formula is C12H15F3INOS. The van der Waals surface area contributed by atoms with Gasteiger partial charge in [0.2, 0.25) is 0 Å². The van der Waals surface area contributed by atoms with Gasteiger partial charge >= 0.3 is 6.18 Å². The Hall–Kier alpha value is -0.150. The molecule has 0 aliphatic heterocycles. The monoisotopic (exact) mass is 405 g/mol. The van der Waals surface area contributed by atoms with Crippen LogP contribution in [0.4, 0.5) is 13.2 Å². The van der Waals surface area contributed by atoms with Crippen molar-refractivity contribution < 1.29 is 17.4 Å². The Kier molecular flexibility index (Phi) is 5.81. The molecule has 2 atom stereocenters. The molecule has 7 heteroatoms. The SMILES string of the molecule is CC(C)[S@](=O)N(C)[C@@H](c1ccc(I)cc1)C(F)(F)F. The third-order valence-electron chi connectivity index (χ3n) is 2.55. The molecule has 1 aromatic rings. The van der Waals surface area contributed by atoms with Gasteiger partial charge < -0.3 is 0 Å². The van der Waals surface area contributed by atoms with E-state index in [1.165, 1.54) is 19.2 Å². The standard InChI is InChI=1S/C12H15F3INOS/c1-8(2)19(18)17(3)11(12(13,14)15)9-4-6-10(16)7-5-9/h4-8,11H,1-3H3/t11-,19-/m0/s1. The summed E-state index contributed by atoms with van der Waals surface area (Å²) >= 11 is 2.03. The largest absolute Gasteiger partial charge is 0.409 e. The number of nitrogens with zero attached hydrogens (tertiary/aromatic N) is 1. The Balaban J connectivity index is 3.16. The van der Waals surface area contributed by atoms with E-state index < -0.39 is 23.2 Å². The Morgan fingerprint density at radius 1 is 1.21 bits per heavy atom. The predicted octanol–water partition coefficient (Wildman–Crippen LogP) is 3.90. The van der Waals surface area contributed by atoms with Gasteiger partial charge in [-0.3, -0.25) is 0 Å². The number of benzene rings is 1. The summed E-state index contributed by atoms with van der Waals surface area (Å²) in [6, 6.07) is 4.22. The van der Waals surface area contributed by atoms with Crippen LogP contribution in [0.5, 0.6) is 0 Å². The molecule has 0 unspecified atom stereocenters. The Bertz CT molecular complexity index is 447. The third-order valence-corrected chi connectivity index (χ3v) is 4.85. The highest BCUT2D eigenvalue weighted by atomic mass is 127. The van der Waals surface area contributed by atoms with E-state index in [0.717, 1.165) is 7.88 Å². The highest BCUT2D eigenvalue weighted by Crippen LogP contribution is 2.38. The van der Waals surface area contributed by atoms with Gasteiger partial charge in [0, 0.05) is 15.9 Å². The van der Waals surface area contributed by atoms with Crippen molar-refractivity contribution in [3.8, 4) is 0 Å². The second-order valence-electron chi connectivity index (χ2n) is 4.37. The minimum absolute atomic E-state index is 0.101. The summed E-state index contributed by atoms with van der Waals surface area (Å²) in [7, 11) is -0.445. The molecule has 19 heavy (non-hydrogen) atoms. The van der Waals surface area contributed by atoms with Crippen LogP contribution in [0.1, 0.15) is 25.5 Å². The highest BCUT2D eigenvalue weighted by Gasteiger charge is 2.45. The Labute approximate surface area is 127 Å². The molecule has 0 saturated carbocycles. The molecule has 0 aliphatic rings. The molecule has 0 spiro atoms. The molecule has 0 radical (unpaired) electrons. The average molecular weight is 405 g/mol. The van der Waals surface area contributed by atoms with Crippen LogP contribution < -0.4 is 0 Å². The summed E-state index contributed by atoms with van der Waals surface area (Å²) in [6.45, 7) is 3.27. The van der Waals surface area contributed by atoms with Crippen LogP contribution >= 0.6 is 22.6 Å². The zero-order valence-electron chi connectivity index (χ0n) is 10.7. The zero-order valence-corrected chi connectivity index (χ0v) is 13.7. The smallest absolute Gasteiger partial charge is 0.242 e. The lowest BCUT2D eigenvalue weighted by atomic mass is 10.1. The van der Waals surface area contributed by atoms with Gasteiger partial charge in [-0.25, -0.2) is 8.51 Å². The maximum absolute atomic E-state index is 13.2. The maximum Gasteiger partial charge on any atom is 0.409 e. The second kappa shape index (κ2) is 6.53. The number of hydrogen-bond acceptors (Lipinski definition) is 1. The van der Waals surface area contributed by atoms with Gasteiger partial charge in [-0.2, -0.15) is 13.2 Å². The van der Waals surface area contributed by atoms with E-state index in [4.69, 9.17) is 0 Å². The van der Waals surface area contributed by atoms with Crippen LogP contribution in [-0.2, 0) is 11.0 Å². The molecule has 2 nitrogen and oxygen atoms in total. The van der Waals surface area contributed by atoms with E-state index in [-0.39, 0.29) is 10.8 Å². The lowest BCUT2D eigenvalue weighted by Gasteiger charge is -2.30. The summed E-state index contributed by atoms with van der Waals surface area (Å²) in [6.07, 6.45) is -4.47. The van der Waals surface area contributed by atoms with Gasteiger partial charge in [-0.15, -0.1) is 0 Å². The van der Waals surface area contributed by atoms with Crippen molar-refractivity contribution >= 4 is 33.6 Å². The summed E-state index contributed by atoms with van der Waals surface area (Å²) in [5.74, 6) is 0. The summed E-state index contributed by atoms with van der Waals surface area (Å²) < 4.78 is 53.3. The van der Waals surface area contributed by atoms with E-state index in [1.807, 2.05) is 22.6 Å². The quantitative estimate of drug-likeness (QED) is 0.696. The van der Waals surface area contributed by atoms with Crippen LogP contribution in [0.3, 0.4) is 0 Å². The normalized spacial score (nSPS) is 15.8. The minimum atomic E-state index is -4.47. The predicted molar refractivity (Wildman–Crippen MR) is 79.0 cm³/mol. The first-order valence-electron chi connectivity index (χ1n) is 5.60. The molecule has 0 bridgehead atoms. The molecular weight excluding hydrogens is 390 g/mol. The van der Waals surface area contributed by atoms with Crippen LogP contribution in [0, 0.1) is 3.57 Å². The average Bonchev–Trinajstić information content (AvgIpc) is 2.29. The number of rotatable bonds is 4. The van der Waals surface area contributed by atoms with Gasteiger partial charge in [0.15, 0.2) is 0 Å². The fourth-order valence-corrected chi connectivity index (χ4v) is 3.16. The summed E-state index contributed by atoms with van der Waals surface area (Å²) in [5.41, 5.74) is 0.101. The molecule has 0 fully saturated rings. The van der Waals surface area contributed by atoms with Crippen LogP contribution in [-0.4, -0.2) is 27.0 Å². The molecule has 0 saturated heterocycles. The summed E-state index contributed by atoms with van der Waals surface area (Å²) in [5, 5.41) is -0.362. The molecule has 1 rings (SSSR count). The van der Waals surface area contributed by atoms with Crippen molar-refractivity contribution in [2.75, 3.05) is 7.05 Å². The number of alkyl halides is 3. The van der Waals surface area contributed by atoms with Crippen LogP contribution in [0.25, 0.3) is 0 Å².